The van der Waals surface area contributed by atoms with Crippen LogP contribution in [0.4, 0.5) is 10.1 Å². The highest BCUT2D eigenvalue weighted by atomic mass is 19.1. The van der Waals surface area contributed by atoms with E-state index >= 15 is 0 Å². The monoisotopic (exact) mass is 350 g/mol. The van der Waals surface area contributed by atoms with Crippen molar-refractivity contribution in [2.24, 2.45) is 0 Å². The largest absolute Gasteiger partial charge is 0.368 e. The SMILES string of the molecule is Fc1ccccc1N1CC(c2ccc3c(c2)CCC3N2CCCCC2)C1. The van der Waals surface area contributed by atoms with E-state index in [9.17, 15) is 4.39 Å². The summed E-state index contributed by atoms with van der Waals surface area (Å²) in [5, 5.41) is 0. The van der Waals surface area contributed by atoms with Gasteiger partial charge in [-0.15, -0.1) is 0 Å². The second-order valence-electron chi connectivity index (χ2n) is 8.16. The lowest BCUT2D eigenvalue weighted by atomic mass is 9.88. The van der Waals surface area contributed by atoms with Gasteiger partial charge < -0.3 is 4.90 Å². The van der Waals surface area contributed by atoms with Gasteiger partial charge in [-0.3, -0.25) is 4.90 Å². The lowest BCUT2D eigenvalue weighted by Crippen LogP contribution is -2.45. The van der Waals surface area contributed by atoms with E-state index in [0.29, 0.717) is 12.0 Å². The molecular weight excluding hydrogens is 323 g/mol. The van der Waals surface area contributed by atoms with Crippen molar-refractivity contribution >= 4 is 5.69 Å². The molecule has 1 aliphatic carbocycles. The molecule has 2 nitrogen and oxygen atoms in total. The van der Waals surface area contributed by atoms with Gasteiger partial charge in [0.1, 0.15) is 5.82 Å². The molecule has 0 N–H and O–H groups in total. The lowest BCUT2D eigenvalue weighted by Gasteiger charge is -2.41. The van der Waals surface area contributed by atoms with Crippen LogP contribution in [0.15, 0.2) is 42.5 Å². The second-order valence-corrected chi connectivity index (χ2v) is 8.16. The van der Waals surface area contributed by atoms with Crippen LogP contribution < -0.4 is 4.90 Å². The molecule has 3 aliphatic rings. The molecule has 2 fully saturated rings. The molecule has 5 rings (SSSR count). The molecule has 2 aliphatic heterocycles. The number of aryl methyl sites for hydroxylation is 1. The first-order valence-electron chi connectivity index (χ1n) is 10.2. The van der Waals surface area contributed by atoms with Crippen LogP contribution in [0.1, 0.15) is 54.3 Å². The molecule has 0 spiro atoms. The highest BCUT2D eigenvalue weighted by Gasteiger charge is 2.32. The number of nitrogens with zero attached hydrogens (tertiary/aromatic N) is 2. The van der Waals surface area contributed by atoms with E-state index in [1.165, 1.54) is 50.8 Å². The highest BCUT2D eigenvalue weighted by molar-refractivity contribution is 5.52. The number of hydrogen-bond acceptors (Lipinski definition) is 2. The van der Waals surface area contributed by atoms with Crippen molar-refractivity contribution in [1.82, 2.24) is 4.90 Å². The normalized spacial score (nSPS) is 23.7. The number of hydrogen-bond donors (Lipinski definition) is 0. The zero-order valence-electron chi connectivity index (χ0n) is 15.3. The van der Waals surface area contributed by atoms with Crippen molar-refractivity contribution in [2.45, 2.75) is 44.1 Å². The van der Waals surface area contributed by atoms with E-state index in [1.54, 1.807) is 23.3 Å². The van der Waals surface area contributed by atoms with Crippen molar-refractivity contribution in [3.8, 4) is 0 Å². The predicted octanol–water partition coefficient (Wildman–Crippen LogP) is 4.90. The maximum atomic E-state index is 13.9. The van der Waals surface area contributed by atoms with Crippen LogP contribution in [0.3, 0.4) is 0 Å². The Balaban J connectivity index is 1.29. The van der Waals surface area contributed by atoms with Crippen LogP contribution in [0.2, 0.25) is 0 Å². The Kier molecular flexibility index (Phi) is 4.20. The fourth-order valence-electron chi connectivity index (χ4n) is 5.07. The maximum absolute atomic E-state index is 13.9. The van der Waals surface area contributed by atoms with Crippen molar-refractivity contribution in [3.05, 3.63) is 65.0 Å². The van der Waals surface area contributed by atoms with Gasteiger partial charge in [-0.2, -0.15) is 0 Å². The number of anilines is 1. The van der Waals surface area contributed by atoms with Crippen LogP contribution in [0.5, 0.6) is 0 Å². The minimum atomic E-state index is -0.107. The van der Waals surface area contributed by atoms with Gasteiger partial charge in [0.2, 0.25) is 0 Å². The van der Waals surface area contributed by atoms with Gasteiger partial charge in [0, 0.05) is 25.0 Å². The van der Waals surface area contributed by atoms with Gasteiger partial charge in [0.15, 0.2) is 0 Å². The van der Waals surface area contributed by atoms with Gasteiger partial charge >= 0.3 is 0 Å². The molecule has 1 atom stereocenters. The first-order chi connectivity index (χ1) is 12.8. The Morgan fingerprint density at radius 1 is 0.923 bits per heavy atom. The Bertz CT molecular complexity index is 791. The fraction of sp³-hybridized carbons (Fsp3) is 0.478. The van der Waals surface area contributed by atoms with Gasteiger partial charge in [-0.1, -0.05) is 36.8 Å². The van der Waals surface area contributed by atoms with Crippen molar-refractivity contribution in [1.29, 1.82) is 0 Å². The Morgan fingerprint density at radius 2 is 1.73 bits per heavy atom. The van der Waals surface area contributed by atoms with Gasteiger partial charge in [-0.25, -0.2) is 4.39 Å². The summed E-state index contributed by atoms with van der Waals surface area (Å²) in [5.41, 5.74) is 5.31. The van der Waals surface area contributed by atoms with Crippen LogP contribution in [0, 0.1) is 5.82 Å². The van der Waals surface area contributed by atoms with Gasteiger partial charge in [-0.05, 0) is 67.6 Å². The highest BCUT2D eigenvalue weighted by Crippen LogP contribution is 2.40. The molecule has 2 aromatic carbocycles. The molecule has 0 radical (unpaired) electrons. The molecule has 1 unspecified atom stereocenters. The zero-order chi connectivity index (χ0) is 17.5. The summed E-state index contributed by atoms with van der Waals surface area (Å²) in [6, 6.07) is 14.9. The molecule has 0 aromatic heterocycles. The quantitative estimate of drug-likeness (QED) is 0.777. The molecule has 26 heavy (non-hydrogen) atoms. The minimum Gasteiger partial charge on any atom is -0.368 e. The minimum absolute atomic E-state index is 0.107. The van der Waals surface area contributed by atoms with Crippen LogP contribution in [-0.4, -0.2) is 31.1 Å². The summed E-state index contributed by atoms with van der Waals surface area (Å²) in [5.74, 6) is 0.429. The molecule has 0 amide bonds. The van der Waals surface area contributed by atoms with Crippen molar-refractivity contribution < 1.29 is 4.39 Å². The third kappa shape index (κ3) is 2.83. The van der Waals surface area contributed by atoms with Crippen LogP contribution in [-0.2, 0) is 6.42 Å². The van der Waals surface area contributed by atoms with Crippen molar-refractivity contribution in [2.75, 3.05) is 31.1 Å². The number of para-hydroxylation sites is 1. The molecule has 0 bridgehead atoms. The number of piperidine rings is 1. The lowest BCUT2D eigenvalue weighted by molar-refractivity contribution is 0.163. The average Bonchev–Trinajstić information content (AvgIpc) is 3.06. The molecule has 2 saturated heterocycles. The van der Waals surface area contributed by atoms with E-state index in [0.717, 1.165) is 18.8 Å². The van der Waals surface area contributed by atoms with E-state index in [-0.39, 0.29) is 5.82 Å². The summed E-state index contributed by atoms with van der Waals surface area (Å²) < 4.78 is 13.9. The van der Waals surface area contributed by atoms with E-state index in [1.807, 2.05) is 12.1 Å². The number of halogens is 1. The number of likely N-dealkylation sites (tertiary alicyclic amines) is 1. The maximum Gasteiger partial charge on any atom is 0.146 e. The smallest absolute Gasteiger partial charge is 0.146 e. The van der Waals surface area contributed by atoms with Gasteiger partial charge in [0.25, 0.3) is 0 Å². The fourth-order valence-corrected chi connectivity index (χ4v) is 5.07. The van der Waals surface area contributed by atoms with Crippen molar-refractivity contribution in [3.63, 3.8) is 0 Å². The molecule has 0 saturated carbocycles. The molecule has 3 heteroatoms. The first kappa shape index (κ1) is 16.3. The summed E-state index contributed by atoms with van der Waals surface area (Å²) in [6.07, 6.45) is 6.61. The summed E-state index contributed by atoms with van der Waals surface area (Å²) in [4.78, 5) is 4.86. The summed E-state index contributed by atoms with van der Waals surface area (Å²) >= 11 is 0. The van der Waals surface area contributed by atoms with E-state index in [4.69, 9.17) is 0 Å². The standard InChI is InChI=1S/C23H27FN2/c24-21-6-2-3-7-23(21)26-15-19(16-26)17-8-10-20-18(14-17)9-11-22(20)25-12-4-1-5-13-25/h2-3,6-8,10,14,19,22H,1,4-5,9,11-13,15-16H2. The molecular formula is C23H27FN2. The molecule has 2 aromatic rings. The van der Waals surface area contributed by atoms with E-state index in [2.05, 4.69) is 28.0 Å². The summed E-state index contributed by atoms with van der Waals surface area (Å²) in [7, 11) is 0. The first-order valence-corrected chi connectivity index (χ1v) is 10.2. The average molecular weight is 350 g/mol. The number of benzene rings is 2. The third-order valence-electron chi connectivity index (χ3n) is 6.59. The summed E-state index contributed by atoms with van der Waals surface area (Å²) in [6.45, 7) is 4.39. The Morgan fingerprint density at radius 3 is 2.54 bits per heavy atom. The Labute approximate surface area is 155 Å². The molecule has 136 valence electrons. The second kappa shape index (κ2) is 6.70. The van der Waals surface area contributed by atoms with Crippen LogP contribution in [0.25, 0.3) is 0 Å². The van der Waals surface area contributed by atoms with Gasteiger partial charge in [0.05, 0.1) is 5.69 Å². The van der Waals surface area contributed by atoms with Crippen LogP contribution >= 0.6 is 0 Å². The predicted molar refractivity (Wildman–Crippen MR) is 104 cm³/mol. The zero-order valence-corrected chi connectivity index (χ0v) is 15.3. The Hall–Kier alpha value is -1.87. The third-order valence-corrected chi connectivity index (χ3v) is 6.59. The molecule has 2 heterocycles. The number of rotatable bonds is 3. The topological polar surface area (TPSA) is 6.48 Å². The number of fused-ring (bicyclic) bond motifs is 1. The van der Waals surface area contributed by atoms with E-state index < -0.39 is 0 Å².